The summed E-state index contributed by atoms with van der Waals surface area (Å²) >= 11 is 0. The van der Waals surface area contributed by atoms with Crippen molar-refractivity contribution in [3.63, 3.8) is 0 Å². The molecule has 1 aliphatic heterocycles. The van der Waals surface area contributed by atoms with E-state index in [-0.39, 0.29) is 11.9 Å². The van der Waals surface area contributed by atoms with Crippen LogP contribution in [0.15, 0.2) is 18.2 Å². The van der Waals surface area contributed by atoms with Gasteiger partial charge < -0.3 is 10.5 Å². The zero-order chi connectivity index (χ0) is 11.5. The maximum absolute atomic E-state index is 13.5. The third kappa shape index (κ3) is 2.25. The number of benzene rings is 1. The second-order valence-corrected chi connectivity index (χ2v) is 4.44. The Morgan fingerprint density at radius 3 is 3.00 bits per heavy atom. The zero-order valence-electron chi connectivity index (χ0n) is 9.58. The average molecular weight is 223 g/mol. The summed E-state index contributed by atoms with van der Waals surface area (Å²) in [7, 11) is 0. The number of aryl methyl sites for hydroxylation is 1. The van der Waals surface area contributed by atoms with E-state index in [2.05, 4.69) is 0 Å². The standard InChI is InChI=1S/C13H18FNO/c1-9-4-5-10(7-12(9)14)13-11(8-15)3-2-6-16-13/h4-5,7,11,13H,2-3,6,8,15H2,1H3. The van der Waals surface area contributed by atoms with Crippen LogP contribution in [0.5, 0.6) is 0 Å². The maximum Gasteiger partial charge on any atom is 0.126 e. The van der Waals surface area contributed by atoms with Crippen molar-refractivity contribution in [2.24, 2.45) is 11.7 Å². The molecule has 0 aliphatic carbocycles. The molecular weight excluding hydrogens is 205 g/mol. The summed E-state index contributed by atoms with van der Waals surface area (Å²) < 4.78 is 19.2. The minimum atomic E-state index is -0.164. The Morgan fingerprint density at radius 1 is 1.50 bits per heavy atom. The lowest BCUT2D eigenvalue weighted by Crippen LogP contribution is -2.28. The Kier molecular flexibility index (Phi) is 3.56. The highest BCUT2D eigenvalue weighted by Crippen LogP contribution is 2.33. The molecule has 0 bridgehead atoms. The fraction of sp³-hybridized carbons (Fsp3) is 0.538. The second-order valence-electron chi connectivity index (χ2n) is 4.44. The highest BCUT2D eigenvalue weighted by Gasteiger charge is 2.26. The highest BCUT2D eigenvalue weighted by molar-refractivity contribution is 5.25. The van der Waals surface area contributed by atoms with Gasteiger partial charge in [-0.05, 0) is 43.5 Å². The Bertz CT molecular complexity index is 367. The summed E-state index contributed by atoms with van der Waals surface area (Å²) in [5.41, 5.74) is 7.31. The van der Waals surface area contributed by atoms with Crippen LogP contribution in [-0.4, -0.2) is 13.2 Å². The molecule has 0 saturated carbocycles. The van der Waals surface area contributed by atoms with Gasteiger partial charge in [-0.3, -0.25) is 0 Å². The molecule has 1 saturated heterocycles. The molecule has 0 spiro atoms. The minimum absolute atomic E-state index is 0.0335. The molecule has 1 aromatic rings. The van der Waals surface area contributed by atoms with Gasteiger partial charge in [0.2, 0.25) is 0 Å². The van der Waals surface area contributed by atoms with Gasteiger partial charge in [0, 0.05) is 12.5 Å². The van der Waals surface area contributed by atoms with E-state index in [1.165, 1.54) is 0 Å². The summed E-state index contributed by atoms with van der Waals surface area (Å²) in [5.74, 6) is 0.151. The van der Waals surface area contributed by atoms with Gasteiger partial charge in [0.1, 0.15) is 5.82 Å². The van der Waals surface area contributed by atoms with Crippen molar-refractivity contribution in [2.45, 2.75) is 25.9 Å². The maximum atomic E-state index is 13.5. The molecule has 1 aliphatic rings. The lowest BCUT2D eigenvalue weighted by molar-refractivity contribution is -0.0253. The molecule has 0 radical (unpaired) electrons. The number of nitrogens with two attached hydrogens (primary N) is 1. The van der Waals surface area contributed by atoms with E-state index in [0.717, 1.165) is 25.0 Å². The monoisotopic (exact) mass is 223 g/mol. The molecule has 2 atom stereocenters. The largest absolute Gasteiger partial charge is 0.373 e. The molecule has 1 fully saturated rings. The molecule has 2 N–H and O–H groups in total. The van der Waals surface area contributed by atoms with Gasteiger partial charge in [-0.2, -0.15) is 0 Å². The van der Waals surface area contributed by atoms with Crippen LogP contribution in [0.2, 0.25) is 0 Å². The van der Waals surface area contributed by atoms with Gasteiger partial charge in [0.05, 0.1) is 6.10 Å². The van der Waals surface area contributed by atoms with E-state index in [1.54, 1.807) is 19.1 Å². The highest BCUT2D eigenvalue weighted by atomic mass is 19.1. The molecule has 16 heavy (non-hydrogen) atoms. The van der Waals surface area contributed by atoms with Gasteiger partial charge >= 0.3 is 0 Å². The van der Waals surface area contributed by atoms with Crippen LogP contribution in [0.1, 0.15) is 30.1 Å². The lowest BCUT2D eigenvalue weighted by Gasteiger charge is -2.31. The molecule has 3 heteroatoms. The van der Waals surface area contributed by atoms with Gasteiger partial charge in [-0.1, -0.05) is 12.1 Å². The molecule has 0 amide bonds. The van der Waals surface area contributed by atoms with Gasteiger partial charge in [0.15, 0.2) is 0 Å². The average Bonchev–Trinajstić information content (AvgIpc) is 2.32. The number of rotatable bonds is 2. The Balaban J connectivity index is 2.23. The Morgan fingerprint density at radius 2 is 2.31 bits per heavy atom. The van der Waals surface area contributed by atoms with Crippen LogP contribution in [0.3, 0.4) is 0 Å². The van der Waals surface area contributed by atoms with Crippen molar-refractivity contribution in [1.82, 2.24) is 0 Å². The minimum Gasteiger partial charge on any atom is -0.373 e. The topological polar surface area (TPSA) is 35.2 Å². The predicted molar refractivity (Wildman–Crippen MR) is 61.6 cm³/mol. The van der Waals surface area contributed by atoms with Crippen molar-refractivity contribution in [3.05, 3.63) is 35.1 Å². The molecule has 0 aromatic heterocycles. The zero-order valence-corrected chi connectivity index (χ0v) is 9.58. The molecular formula is C13H18FNO. The summed E-state index contributed by atoms with van der Waals surface area (Å²) in [6, 6.07) is 5.32. The third-order valence-corrected chi connectivity index (χ3v) is 3.27. The molecule has 2 unspecified atom stereocenters. The SMILES string of the molecule is Cc1ccc(C2OCCCC2CN)cc1F. The number of hydrogen-bond acceptors (Lipinski definition) is 2. The fourth-order valence-corrected chi connectivity index (χ4v) is 2.24. The molecule has 1 aromatic carbocycles. The van der Waals surface area contributed by atoms with Crippen LogP contribution >= 0.6 is 0 Å². The van der Waals surface area contributed by atoms with Crippen molar-refractivity contribution in [3.8, 4) is 0 Å². The van der Waals surface area contributed by atoms with E-state index < -0.39 is 0 Å². The lowest BCUT2D eigenvalue weighted by atomic mass is 9.89. The quantitative estimate of drug-likeness (QED) is 0.836. The molecule has 2 rings (SSSR count). The molecule has 1 heterocycles. The Hall–Kier alpha value is -0.930. The van der Waals surface area contributed by atoms with Gasteiger partial charge in [0.25, 0.3) is 0 Å². The van der Waals surface area contributed by atoms with Gasteiger partial charge in [-0.15, -0.1) is 0 Å². The Labute approximate surface area is 95.6 Å². The van der Waals surface area contributed by atoms with Crippen molar-refractivity contribution in [1.29, 1.82) is 0 Å². The van der Waals surface area contributed by atoms with E-state index in [1.807, 2.05) is 6.07 Å². The molecule has 88 valence electrons. The third-order valence-electron chi connectivity index (χ3n) is 3.27. The summed E-state index contributed by atoms with van der Waals surface area (Å²) in [4.78, 5) is 0. The normalized spacial score (nSPS) is 25.7. The van der Waals surface area contributed by atoms with E-state index >= 15 is 0 Å². The van der Waals surface area contributed by atoms with Crippen molar-refractivity contribution in [2.75, 3.05) is 13.2 Å². The summed E-state index contributed by atoms with van der Waals surface area (Å²) in [5, 5.41) is 0. The van der Waals surface area contributed by atoms with E-state index in [9.17, 15) is 4.39 Å². The number of hydrogen-bond donors (Lipinski definition) is 1. The van der Waals surface area contributed by atoms with Crippen LogP contribution < -0.4 is 5.73 Å². The molecule has 2 nitrogen and oxygen atoms in total. The first-order valence-corrected chi connectivity index (χ1v) is 5.80. The van der Waals surface area contributed by atoms with Crippen LogP contribution in [0.4, 0.5) is 4.39 Å². The second kappa shape index (κ2) is 4.93. The number of halogens is 1. The van der Waals surface area contributed by atoms with Crippen LogP contribution in [-0.2, 0) is 4.74 Å². The smallest absolute Gasteiger partial charge is 0.126 e. The van der Waals surface area contributed by atoms with E-state index in [0.29, 0.717) is 18.0 Å². The first kappa shape index (κ1) is 11.6. The fourth-order valence-electron chi connectivity index (χ4n) is 2.24. The predicted octanol–water partition coefficient (Wildman–Crippen LogP) is 2.56. The van der Waals surface area contributed by atoms with Crippen LogP contribution in [0.25, 0.3) is 0 Å². The van der Waals surface area contributed by atoms with E-state index in [4.69, 9.17) is 10.5 Å². The number of ether oxygens (including phenoxy) is 1. The van der Waals surface area contributed by atoms with Crippen LogP contribution in [0, 0.1) is 18.7 Å². The first-order chi connectivity index (χ1) is 7.72. The van der Waals surface area contributed by atoms with Gasteiger partial charge in [-0.25, -0.2) is 4.39 Å². The van der Waals surface area contributed by atoms with Crippen molar-refractivity contribution < 1.29 is 9.13 Å². The summed E-state index contributed by atoms with van der Waals surface area (Å²) in [6.07, 6.45) is 2.08. The first-order valence-electron chi connectivity index (χ1n) is 5.80. The summed E-state index contributed by atoms with van der Waals surface area (Å²) in [6.45, 7) is 3.11. The van der Waals surface area contributed by atoms with Crippen molar-refractivity contribution >= 4 is 0 Å².